The van der Waals surface area contributed by atoms with Crippen molar-refractivity contribution < 1.29 is 9.90 Å². The molecule has 4 N–H and O–H groups in total. The number of carbonyl (C=O) groups excluding carboxylic acids is 1. The van der Waals surface area contributed by atoms with Crippen molar-refractivity contribution in [2.45, 2.75) is 25.6 Å². The Balaban J connectivity index is 1.62. The van der Waals surface area contributed by atoms with Crippen molar-refractivity contribution in [1.29, 1.82) is 0 Å². The van der Waals surface area contributed by atoms with Gasteiger partial charge in [-0.1, -0.05) is 12.1 Å². The molecule has 144 valence electrons. The third-order valence-corrected chi connectivity index (χ3v) is 4.70. The smallest absolute Gasteiger partial charge is 0.239 e. The number of hydrogen-bond donors (Lipinski definition) is 3. The normalized spacial score (nSPS) is 16.7. The van der Waals surface area contributed by atoms with E-state index in [1.54, 1.807) is 12.4 Å². The summed E-state index contributed by atoms with van der Waals surface area (Å²) in [6.45, 7) is 5.17. The summed E-state index contributed by atoms with van der Waals surface area (Å²) in [5, 5.41) is 12.2. The Labute approximate surface area is 159 Å². The number of aliphatic hydroxyl groups is 1. The Morgan fingerprint density at radius 2 is 1.85 bits per heavy atom. The molecule has 0 aliphatic carbocycles. The van der Waals surface area contributed by atoms with Crippen LogP contribution in [-0.4, -0.2) is 59.3 Å². The highest BCUT2D eigenvalue weighted by Crippen LogP contribution is 2.20. The molecule has 0 bridgehead atoms. The summed E-state index contributed by atoms with van der Waals surface area (Å²) in [4.78, 5) is 25.4. The second-order valence-corrected chi connectivity index (χ2v) is 6.63. The van der Waals surface area contributed by atoms with Crippen LogP contribution in [0.2, 0.25) is 0 Å². The highest BCUT2D eigenvalue weighted by atomic mass is 16.3. The largest absolute Gasteiger partial charge is 0.391 e. The number of rotatable bonds is 6. The topological polar surface area (TPSA) is 108 Å². The quantitative estimate of drug-likeness (QED) is 0.663. The Hall–Kier alpha value is -2.71. The molecule has 0 unspecified atom stereocenters. The molecule has 8 heteroatoms. The summed E-state index contributed by atoms with van der Waals surface area (Å²) < 4.78 is 0. The van der Waals surface area contributed by atoms with Gasteiger partial charge in [0.25, 0.3) is 0 Å². The van der Waals surface area contributed by atoms with E-state index in [2.05, 4.69) is 25.1 Å². The van der Waals surface area contributed by atoms with Crippen molar-refractivity contribution in [2.24, 2.45) is 5.73 Å². The lowest BCUT2D eigenvalue weighted by Crippen LogP contribution is -2.48. The molecule has 2 aromatic heterocycles. The molecule has 1 aliphatic rings. The molecule has 1 aliphatic heterocycles. The Morgan fingerprint density at radius 1 is 1.15 bits per heavy atom. The Morgan fingerprint density at radius 3 is 2.52 bits per heavy atom. The lowest BCUT2D eigenvalue weighted by atomic mass is 10.1. The number of aliphatic hydroxyl groups excluding tert-OH is 1. The van der Waals surface area contributed by atoms with E-state index in [0.717, 1.165) is 43.4 Å². The number of aromatic nitrogens is 2. The minimum absolute atomic E-state index is 0.322. The average Bonchev–Trinajstić information content (AvgIpc) is 2.72. The third-order valence-electron chi connectivity index (χ3n) is 4.70. The van der Waals surface area contributed by atoms with Gasteiger partial charge in [0.1, 0.15) is 17.7 Å². The van der Waals surface area contributed by atoms with Gasteiger partial charge in [-0.3, -0.25) is 4.79 Å². The standard InChI is InChI=1S/C19H26N6O2/c1-14(26)17(20)19(27)23-13-15-5-4-8-22-18(15)25-11-9-24(10-12-25)16-6-2-3-7-21-16/h2-8,14,17,26H,9-13,20H2,1H3,(H,23,27)/t14-,17+/m1/s1. The van der Waals surface area contributed by atoms with Crippen LogP contribution in [0.4, 0.5) is 11.6 Å². The van der Waals surface area contributed by atoms with Crippen molar-refractivity contribution in [3.63, 3.8) is 0 Å². The Kier molecular flexibility index (Phi) is 6.20. The van der Waals surface area contributed by atoms with Crippen molar-refractivity contribution in [2.75, 3.05) is 36.0 Å². The van der Waals surface area contributed by atoms with Crippen molar-refractivity contribution in [3.05, 3.63) is 48.3 Å². The molecule has 1 fully saturated rings. The van der Waals surface area contributed by atoms with Gasteiger partial charge >= 0.3 is 0 Å². The molecule has 8 nitrogen and oxygen atoms in total. The maximum Gasteiger partial charge on any atom is 0.239 e. The molecule has 3 heterocycles. The van der Waals surface area contributed by atoms with Gasteiger partial charge in [0.05, 0.1) is 6.10 Å². The SMILES string of the molecule is C[C@@H](O)[C@H](N)C(=O)NCc1cccnc1N1CCN(c2ccccn2)CC1. The van der Waals surface area contributed by atoms with E-state index in [9.17, 15) is 9.90 Å². The van der Waals surface area contributed by atoms with Gasteiger partial charge in [-0.25, -0.2) is 9.97 Å². The van der Waals surface area contributed by atoms with E-state index >= 15 is 0 Å². The predicted octanol–water partition coefficient (Wildman–Crippen LogP) is 0.128. The fourth-order valence-corrected chi connectivity index (χ4v) is 3.06. The van der Waals surface area contributed by atoms with Crippen LogP contribution in [-0.2, 0) is 11.3 Å². The molecule has 0 spiro atoms. The predicted molar refractivity (Wildman–Crippen MR) is 104 cm³/mol. The zero-order chi connectivity index (χ0) is 19.2. The minimum atomic E-state index is -0.938. The summed E-state index contributed by atoms with van der Waals surface area (Å²) in [5.74, 6) is 1.47. The zero-order valence-electron chi connectivity index (χ0n) is 15.5. The van der Waals surface area contributed by atoms with E-state index in [-0.39, 0.29) is 5.91 Å². The monoisotopic (exact) mass is 370 g/mol. The van der Waals surface area contributed by atoms with Gasteiger partial charge in [0.15, 0.2) is 0 Å². The lowest BCUT2D eigenvalue weighted by Gasteiger charge is -2.36. The van der Waals surface area contributed by atoms with Gasteiger partial charge in [0, 0.05) is 50.7 Å². The van der Waals surface area contributed by atoms with Gasteiger partial charge in [-0.05, 0) is 25.1 Å². The minimum Gasteiger partial charge on any atom is -0.391 e. The molecule has 2 atom stereocenters. The lowest BCUT2D eigenvalue weighted by molar-refractivity contribution is -0.124. The molecule has 3 rings (SSSR count). The number of piperazine rings is 1. The van der Waals surface area contributed by atoms with Crippen LogP contribution in [0.1, 0.15) is 12.5 Å². The fraction of sp³-hybridized carbons (Fsp3) is 0.421. The van der Waals surface area contributed by atoms with Crippen molar-refractivity contribution >= 4 is 17.5 Å². The highest BCUT2D eigenvalue weighted by Gasteiger charge is 2.22. The number of nitrogens with two attached hydrogens (primary N) is 1. The van der Waals surface area contributed by atoms with Crippen LogP contribution in [0.3, 0.4) is 0 Å². The number of hydrogen-bond acceptors (Lipinski definition) is 7. The van der Waals surface area contributed by atoms with E-state index < -0.39 is 12.1 Å². The first-order chi connectivity index (χ1) is 13.1. The molecule has 1 saturated heterocycles. The van der Waals surface area contributed by atoms with E-state index in [1.807, 2.05) is 30.3 Å². The molecule has 27 heavy (non-hydrogen) atoms. The summed E-state index contributed by atoms with van der Waals surface area (Å²) in [6, 6.07) is 8.78. The highest BCUT2D eigenvalue weighted by molar-refractivity contribution is 5.82. The second kappa shape index (κ2) is 8.79. The number of nitrogens with one attached hydrogen (secondary N) is 1. The molecule has 1 amide bonds. The van der Waals surface area contributed by atoms with Gasteiger partial charge in [-0.2, -0.15) is 0 Å². The number of pyridine rings is 2. The van der Waals surface area contributed by atoms with E-state index in [4.69, 9.17) is 5.73 Å². The summed E-state index contributed by atoms with van der Waals surface area (Å²) in [5.41, 5.74) is 6.60. The van der Waals surface area contributed by atoms with Gasteiger partial charge in [-0.15, -0.1) is 0 Å². The Bertz CT molecular complexity index is 747. The molecule has 0 aromatic carbocycles. The fourth-order valence-electron chi connectivity index (χ4n) is 3.06. The van der Waals surface area contributed by atoms with E-state index in [1.165, 1.54) is 6.92 Å². The summed E-state index contributed by atoms with van der Waals surface area (Å²) in [7, 11) is 0. The van der Waals surface area contributed by atoms with Crippen molar-refractivity contribution in [3.8, 4) is 0 Å². The van der Waals surface area contributed by atoms with Crippen LogP contribution < -0.4 is 20.9 Å². The molecular formula is C19H26N6O2. The van der Waals surface area contributed by atoms with Crippen LogP contribution >= 0.6 is 0 Å². The van der Waals surface area contributed by atoms with Gasteiger partial charge < -0.3 is 26.0 Å². The number of nitrogens with zero attached hydrogens (tertiary/aromatic N) is 4. The molecule has 0 saturated carbocycles. The average molecular weight is 370 g/mol. The van der Waals surface area contributed by atoms with Crippen LogP contribution in [0.15, 0.2) is 42.7 Å². The number of amides is 1. The first-order valence-corrected chi connectivity index (χ1v) is 9.12. The molecular weight excluding hydrogens is 344 g/mol. The maximum absolute atomic E-state index is 12.0. The zero-order valence-corrected chi connectivity index (χ0v) is 15.5. The number of anilines is 2. The molecule has 0 radical (unpaired) electrons. The van der Waals surface area contributed by atoms with Crippen LogP contribution in [0, 0.1) is 0 Å². The summed E-state index contributed by atoms with van der Waals surface area (Å²) >= 11 is 0. The summed E-state index contributed by atoms with van der Waals surface area (Å²) in [6.07, 6.45) is 2.67. The third kappa shape index (κ3) is 4.72. The van der Waals surface area contributed by atoms with E-state index in [0.29, 0.717) is 6.54 Å². The van der Waals surface area contributed by atoms with Crippen LogP contribution in [0.5, 0.6) is 0 Å². The first kappa shape index (κ1) is 19.1. The first-order valence-electron chi connectivity index (χ1n) is 9.12. The maximum atomic E-state index is 12.0. The molecule has 2 aromatic rings. The van der Waals surface area contributed by atoms with Crippen LogP contribution in [0.25, 0.3) is 0 Å². The van der Waals surface area contributed by atoms with Crippen molar-refractivity contribution in [1.82, 2.24) is 15.3 Å². The number of carbonyl (C=O) groups is 1. The van der Waals surface area contributed by atoms with Gasteiger partial charge in [0.2, 0.25) is 5.91 Å². The second-order valence-electron chi connectivity index (χ2n) is 6.63.